The lowest BCUT2D eigenvalue weighted by atomic mass is 10.6. The van der Waals surface area contributed by atoms with Crippen molar-refractivity contribution in [2.75, 3.05) is 14.2 Å². The van der Waals surface area contributed by atoms with Crippen LogP contribution in [0.1, 0.15) is 6.92 Å². The zero-order chi connectivity index (χ0) is 11.2. The molecule has 1 unspecified atom stereocenters. The Morgan fingerprint density at radius 3 is 2.29 bits per heavy atom. The summed E-state index contributed by atoms with van der Waals surface area (Å²) in [6.07, 6.45) is -0.0732. The molecule has 0 aromatic rings. The Balaban J connectivity index is 4.16. The van der Waals surface area contributed by atoms with Crippen molar-refractivity contribution in [1.29, 1.82) is 0 Å². The van der Waals surface area contributed by atoms with Crippen LogP contribution >= 0.6 is 7.82 Å². The van der Waals surface area contributed by atoms with E-state index in [9.17, 15) is 9.36 Å². The summed E-state index contributed by atoms with van der Waals surface area (Å²) < 4.78 is 29.6. The van der Waals surface area contributed by atoms with E-state index in [-0.39, 0.29) is 0 Å². The summed E-state index contributed by atoms with van der Waals surface area (Å²) in [6.45, 7) is 4.57. The lowest BCUT2D eigenvalue weighted by molar-refractivity contribution is -0.156. The molecule has 0 saturated heterocycles. The van der Waals surface area contributed by atoms with Gasteiger partial charge in [-0.05, 0) is 6.92 Å². The second-order valence-corrected chi connectivity index (χ2v) is 3.96. The highest BCUT2D eigenvalue weighted by atomic mass is 31.2. The zero-order valence-corrected chi connectivity index (χ0v) is 9.15. The average molecular weight is 224 g/mol. The smallest absolute Gasteiger partial charge is 0.432 e. The fourth-order valence-corrected chi connectivity index (χ4v) is 1.30. The molecule has 14 heavy (non-hydrogen) atoms. The van der Waals surface area contributed by atoms with Crippen molar-refractivity contribution in [1.82, 2.24) is 0 Å². The van der Waals surface area contributed by atoms with Crippen molar-refractivity contribution < 1.29 is 27.7 Å². The molecule has 0 spiro atoms. The Labute approximate surface area is 82.4 Å². The maximum Gasteiger partial charge on any atom is 0.477 e. The summed E-state index contributed by atoms with van der Waals surface area (Å²) in [6, 6.07) is 0. The van der Waals surface area contributed by atoms with Crippen molar-refractivity contribution in [3.05, 3.63) is 12.7 Å². The minimum absolute atomic E-state index is 0.684. The lowest BCUT2D eigenvalue weighted by Gasteiger charge is -2.17. The summed E-state index contributed by atoms with van der Waals surface area (Å²) in [4.78, 5) is 10.7. The molecule has 0 bridgehead atoms. The Kier molecular flexibility index (Phi) is 5.64. The van der Waals surface area contributed by atoms with E-state index < -0.39 is 20.1 Å². The van der Waals surface area contributed by atoms with Crippen LogP contribution in [0, 0.1) is 0 Å². The van der Waals surface area contributed by atoms with Gasteiger partial charge in [0.15, 0.2) is 0 Å². The zero-order valence-electron chi connectivity index (χ0n) is 8.26. The summed E-state index contributed by atoms with van der Waals surface area (Å²) in [5.74, 6) is -0.684. The van der Waals surface area contributed by atoms with Gasteiger partial charge < -0.3 is 4.74 Å². The van der Waals surface area contributed by atoms with E-state index in [1.54, 1.807) is 0 Å². The van der Waals surface area contributed by atoms with Crippen LogP contribution in [0.4, 0.5) is 0 Å². The highest BCUT2D eigenvalue weighted by Gasteiger charge is 2.27. The van der Waals surface area contributed by atoms with E-state index in [1.807, 2.05) is 0 Å². The van der Waals surface area contributed by atoms with Gasteiger partial charge in [-0.2, -0.15) is 0 Å². The van der Waals surface area contributed by atoms with Crippen LogP contribution in [0.25, 0.3) is 0 Å². The number of hydrogen-bond donors (Lipinski definition) is 0. The van der Waals surface area contributed by atoms with Crippen molar-refractivity contribution in [2.45, 2.75) is 13.2 Å². The molecule has 7 heteroatoms. The second kappa shape index (κ2) is 5.93. The molecule has 0 aromatic heterocycles. The van der Waals surface area contributed by atoms with Gasteiger partial charge in [-0.3, -0.25) is 9.05 Å². The maximum absolute atomic E-state index is 11.3. The van der Waals surface area contributed by atoms with Gasteiger partial charge in [-0.25, -0.2) is 13.9 Å². The third-order valence-corrected chi connectivity index (χ3v) is 2.62. The standard InChI is InChI=1S/C7H13O6P/c1-5-7(8)12-6(2)13-14(9,10-3)11-4/h5-6H,1H2,2-4H3. The van der Waals surface area contributed by atoms with Gasteiger partial charge in [0.1, 0.15) is 0 Å². The van der Waals surface area contributed by atoms with Crippen molar-refractivity contribution in [2.24, 2.45) is 0 Å². The first kappa shape index (κ1) is 13.3. The molecule has 0 amide bonds. The van der Waals surface area contributed by atoms with E-state index >= 15 is 0 Å². The molecule has 82 valence electrons. The van der Waals surface area contributed by atoms with Crippen LogP contribution in [-0.4, -0.2) is 26.5 Å². The Bertz CT molecular complexity index is 243. The second-order valence-electron chi connectivity index (χ2n) is 2.13. The third-order valence-electron chi connectivity index (χ3n) is 1.17. The Morgan fingerprint density at radius 1 is 1.43 bits per heavy atom. The number of hydrogen-bond acceptors (Lipinski definition) is 6. The maximum atomic E-state index is 11.3. The van der Waals surface area contributed by atoms with Crippen molar-refractivity contribution >= 4 is 13.8 Å². The predicted octanol–water partition coefficient (Wildman–Crippen LogP) is 1.48. The lowest BCUT2D eigenvalue weighted by Crippen LogP contribution is -2.16. The monoisotopic (exact) mass is 224 g/mol. The van der Waals surface area contributed by atoms with Gasteiger partial charge >= 0.3 is 13.8 Å². The van der Waals surface area contributed by atoms with Gasteiger partial charge in [-0.1, -0.05) is 6.58 Å². The molecular weight excluding hydrogens is 211 g/mol. The third kappa shape index (κ3) is 4.53. The van der Waals surface area contributed by atoms with Gasteiger partial charge in [0, 0.05) is 20.3 Å². The largest absolute Gasteiger partial charge is 0.477 e. The Morgan fingerprint density at radius 2 is 1.93 bits per heavy atom. The van der Waals surface area contributed by atoms with Crippen LogP contribution in [0.5, 0.6) is 0 Å². The molecule has 0 aliphatic carbocycles. The van der Waals surface area contributed by atoms with Crippen LogP contribution in [0.2, 0.25) is 0 Å². The van der Waals surface area contributed by atoms with Gasteiger partial charge in [0.05, 0.1) is 0 Å². The fourth-order valence-electron chi connectivity index (χ4n) is 0.576. The van der Waals surface area contributed by atoms with Crippen LogP contribution in [0.3, 0.4) is 0 Å². The van der Waals surface area contributed by atoms with Crippen LogP contribution < -0.4 is 0 Å². The van der Waals surface area contributed by atoms with Gasteiger partial charge in [0.25, 0.3) is 0 Å². The van der Waals surface area contributed by atoms with Crippen molar-refractivity contribution in [3.8, 4) is 0 Å². The van der Waals surface area contributed by atoms with E-state index in [2.05, 4.69) is 20.4 Å². The molecule has 0 aromatic carbocycles. The van der Waals surface area contributed by atoms with E-state index in [1.165, 1.54) is 6.92 Å². The number of phosphoric ester groups is 1. The summed E-state index contributed by atoms with van der Waals surface area (Å²) in [7, 11) is -1.30. The number of ether oxygens (including phenoxy) is 1. The fraction of sp³-hybridized carbons (Fsp3) is 0.571. The quantitative estimate of drug-likeness (QED) is 0.294. The topological polar surface area (TPSA) is 71.1 Å². The minimum atomic E-state index is -3.62. The predicted molar refractivity (Wildman–Crippen MR) is 48.5 cm³/mol. The summed E-state index contributed by atoms with van der Waals surface area (Å²) in [5, 5.41) is 0. The molecule has 0 fully saturated rings. The number of carbonyl (C=O) groups excluding carboxylic acids is 1. The van der Waals surface area contributed by atoms with Crippen LogP contribution in [0.15, 0.2) is 12.7 Å². The molecule has 0 heterocycles. The normalized spacial score (nSPS) is 13.4. The first-order valence-corrected chi connectivity index (χ1v) is 5.16. The highest BCUT2D eigenvalue weighted by Crippen LogP contribution is 2.48. The first-order valence-electron chi connectivity index (χ1n) is 3.70. The molecule has 0 aliphatic rings. The number of phosphoric acid groups is 1. The molecule has 0 saturated carbocycles. The SMILES string of the molecule is C=CC(=O)OC(C)OP(=O)(OC)OC. The van der Waals surface area contributed by atoms with Gasteiger partial charge in [0.2, 0.25) is 6.29 Å². The van der Waals surface area contributed by atoms with Gasteiger partial charge in [-0.15, -0.1) is 0 Å². The van der Waals surface area contributed by atoms with E-state index in [0.29, 0.717) is 0 Å². The molecule has 0 N–H and O–H groups in total. The molecule has 1 atom stereocenters. The molecule has 0 rings (SSSR count). The summed E-state index contributed by atoms with van der Waals surface area (Å²) in [5.41, 5.74) is 0. The molecule has 0 radical (unpaired) electrons. The van der Waals surface area contributed by atoms with Crippen molar-refractivity contribution in [3.63, 3.8) is 0 Å². The number of carbonyl (C=O) groups is 1. The number of esters is 1. The number of rotatable bonds is 6. The molecule has 6 nitrogen and oxygen atoms in total. The average Bonchev–Trinajstić information content (AvgIpc) is 2.17. The molecular formula is C7H13O6P. The van der Waals surface area contributed by atoms with E-state index in [4.69, 9.17) is 4.52 Å². The minimum Gasteiger partial charge on any atom is -0.432 e. The Hall–Kier alpha value is -0.680. The van der Waals surface area contributed by atoms with Crippen LogP contribution in [-0.2, 0) is 27.7 Å². The first-order chi connectivity index (χ1) is 6.47. The van der Waals surface area contributed by atoms with E-state index in [0.717, 1.165) is 20.3 Å². The highest BCUT2D eigenvalue weighted by molar-refractivity contribution is 7.48. The summed E-state index contributed by atoms with van der Waals surface area (Å²) >= 11 is 0. The molecule has 0 aliphatic heterocycles.